The topological polar surface area (TPSA) is 102 Å². The van der Waals surface area contributed by atoms with Gasteiger partial charge in [0.1, 0.15) is 12.6 Å². The highest BCUT2D eigenvalue weighted by Crippen LogP contribution is 2.14. The molecule has 0 aliphatic heterocycles. The van der Waals surface area contributed by atoms with Crippen LogP contribution in [0.25, 0.3) is 0 Å². The molecule has 0 bridgehead atoms. The smallest absolute Gasteiger partial charge is 0.306 e. The fourth-order valence-corrected chi connectivity index (χ4v) is 6.80. The van der Waals surface area contributed by atoms with Crippen LogP contribution >= 0.6 is 0 Å². The molecule has 0 amide bonds. The molecule has 354 valence electrons. The van der Waals surface area contributed by atoms with Crippen molar-refractivity contribution in [2.45, 2.75) is 199 Å². The highest BCUT2D eigenvalue weighted by Gasteiger charge is 2.25. The van der Waals surface area contributed by atoms with Crippen molar-refractivity contribution in [2.75, 3.05) is 41.0 Å². The van der Waals surface area contributed by atoms with Crippen LogP contribution in [0.4, 0.5) is 0 Å². The van der Waals surface area contributed by atoms with Crippen LogP contribution in [0, 0.1) is 0 Å². The van der Waals surface area contributed by atoms with Gasteiger partial charge < -0.3 is 28.6 Å². The van der Waals surface area contributed by atoms with E-state index in [1.54, 1.807) is 21.1 Å². The van der Waals surface area contributed by atoms with Gasteiger partial charge in [0.25, 0.3) is 0 Å². The zero-order chi connectivity index (χ0) is 45.6. The molecule has 0 N–H and O–H groups in total. The molecule has 0 radical (unpaired) electrons. The number of carboxylic acid groups (broad SMARTS) is 1. The third-order valence-corrected chi connectivity index (χ3v) is 10.6. The van der Waals surface area contributed by atoms with E-state index in [2.05, 4.69) is 92.8 Å². The number of nitrogens with zero attached hydrogens (tertiary/aromatic N) is 1. The predicted octanol–water partition coefficient (Wildman–Crippen LogP) is 12.7. The molecule has 0 aliphatic carbocycles. The van der Waals surface area contributed by atoms with Gasteiger partial charge >= 0.3 is 11.9 Å². The lowest BCUT2D eigenvalue weighted by Crippen LogP contribution is -2.55. The SMILES string of the molecule is CC/C=C/C/C=C/C/C=C/CCCCCCCCCCCCC(=O)OC(COCCC(C(=O)[O-])[N+](C)(C)C)COC(=O)CCCCCCC/C=C/C=C/C=C/C=C/CCCCC. The monoisotopic (exact) mass is 866 g/mol. The van der Waals surface area contributed by atoms with E-state index in [1.807, 2.05) is 6.08 Å². The Morgan fingerprint density at radius 3 is 1.48 bits per heavy atom. The van der Waals surface area contributed by atoms with E-state index in [4.69, 9.17) is 14.2 Å². The van der Waals surface area contributed by atoms with Crippen LogP contribution in [0.3, 0.4) is 0 Å². The van der Waals surface area contributed by atoms with Crippen molar-refractivity contribution in [3.63, 3.8) is 0 Å². The van der Waals surface area contributed by atoms with Crippen LogP contribution in [0.2, 0.25) is 0 Å². The van der Waals surface area contributed by atoms with Gasteiger partial charge in [-0.3, -0.25) is 9.59 Å². The third kappa shape index (κ3) is 41.8. The number of unbranched alkanes of at least 4 members (excludes halogenated alkanes) is 18. The molecule has 0 saturated carbocycles. The van der Waals surface area contributed by atoms with Crippen LogP contribution in [0.15, 0.2) is 85.1 Å². The van der Waals surface area contributed by atoms with Gasteiger partial charge in [-0.05, 0) is 70.6 Å². The third-order valence-electron chi connectivity index (χ3n) is 10.6. The van der Waals surface area contributed by atoms with E-state index in [9.17, 15) is 19.5 Å². The summed E-state index contributed by atoms with van der Waals surface area (Å²) < 4.78 is 17.2. The summed E-state index contributed by atoms with van der Waals surface area (Å²) in [6.07, 6.45) is 57.4. The Balaban J connectivity index is 4.34. The minimum Gasteiger partial charge on any atom is -0.544 e. The summed E-state index contributed by atoms with van der Waals surface area (Å²) in [4.78, 5) is 37.0. The summed E-state index contributed by atoms with van der Waals surface area (Å²) in [5, 5.41) is 11.7. The standard InChI is InChI=1S/C54H91NO7/c1-6-8-10-12-14-16-18-20-22-24-26-27-29-31-33-35-37-39-41-43-45-53(57)62-50(48-60-47-46-51(54(58)59)55(3,4)5)49-61-52(56)44-42-40-38-36-34-32-30-28-25-23-21-19-17-15-13-11-9-7-2/h8,10,14-17,19-23,25,28,30,50-51H,6-7,9,11-13,18,24,26-27,29,31-49H2,1-5H3/b10-8+,16-14+,17-15+,21-19+,22-20+,25-23+,30-28+. The second kappa shape index (κ2) is 44.1. The molecule has 62 heavy (non-hydrogen) atoms. The van der Waals surface area contributed by atoms with Crippen LogP contribution in [0.1, 0.15) is 187 Å². The quantitative estimate of drug-likeness (QED) is 0.0198. The summed E-state index contributed by atoms with van der Waals surface area (Å²) in [7, 11) is 5.40. The first kappa shape index (κ1) is 58.5. The van der Waals surface area contributed by atoms with Crippen molar-refractivity contribution in [3.05, 3.63) is 85.1 Å². The molecular formula is C54H91NO7. The van der Waals surface area contributed by atoms with Crippen LogP contribution in [-0.4, -0.2) is 75.5 Å². The Labute approximate surface area is 380 Å². The van der Waals surface area contributed by atoms with Crippen molar-refractivity contribution in [1.29, 1.82) is 0 Å². The summed E-state index contributed by atoms with van der Waals surface area (Å²) in [5.74, 6) is -1.78. The molecule has 0 spiro atoms. The Morgan fingerprint density at radius 2 is 0.968 bits per heavy atom. The molecule has 8 heteroatoms. The number of carboxylic acids is 1. The van der Waals surface area contributed by atoms with Crippen LogP contribution in [0.5, 0.6) is 0 Å². The van der Waals surface area contributed by atoms with Crippen molar-refractivity contribution >= 4 is 17.9 Å². The average Bonchev–Trinajstić information content (AvgIpc) is 3.23. The Bertz CT molecular complexity index is 1290. The van der Waals surface area contributed by atoms with Crippen molar-refractivity contribution in [3.8, 4) is 0 Å². The maximum absolute atomic E-state index is 12.8. The minimum atomic E-state index is -1.13. The number of likely N-dealkylation sites (N-methyl/N-ethyl adjacent to an activating group) is 1. The van der Waals surface area contributed by atoms with Gasteiger partial charge in [0.15, 0.2) is 6.10 Å². The van der Waals surface area contributed by atoms with E-state index in [0.29, 0.717) is 12.8 Å². The number of aliphatic carboxylic acids is 1. The molecular weight excluding hydrogens is 775 g/mol. The summed E-state index contributed by atoms with van der Waals surface area (Å²) in [5.41, 5.74) is 0. The lowest BCUT2D eigenvalue weighted by molar-refractivity contribution is -0.889. The van der Waals surface area contributed by atoms with Gasteiger partial charge in [0, 0.05) is 19.3 Å². The fraction of sp³-hybridized carbons (Fsp3) is 0.685. The summed E-state index contributed by atoms with van der Waals surface area (Å²) in [6, 6.07) is -0.735. The highest BCUT2D eigenvalue weighted by molar-refractivity contribution is 5.70. The van der Waals surface area contributed by atoms with Crippen molar-refractivity contribution < 1.29 is 38.2 Å². The fourth-order valence-electron chi connectivity index (χ4n) is 6.80. The van der Waals surface area contributed by atoms with E-state index in [1.165, 1.54) is 70.6 Å². The zero-order valence-electron chi connectivity index (χ0n) is 40.3. The van der Waals surface area contributed by atoms with Gasteiger partial charge in [-0.1, -0.05) is 182 Å². The maximum Gasteiger partial charge on any atom is 0.306 e. The Kier molecular flexibility index (Phi) is 41.6. The van der Waals surface area contributed by atoms with E-state index >= 15 is 0 Å². The molecule has 0 heterocycles. The summed E-state index contributed by atoms with van der Waals surface area (Å²) in [6.45, 7) is 4.48. The van der Waals surface area contributed by atoms with Crippen LogP contribution in [-0.2, 0) is 28.6 Å². The molecule has 0 saturated heterocycles. The molecule has 0 aromatic carbocycles. The molecule has 8 nitrogen and oxygen atoms in total. The van der Waals surface area contributed by atoms with Gasteiger partial charge in [-0.2, -0.15) is 0 Å². The Hall–Kier alpha value is -3.49. The number of allylic oxidation sites excluding steroid dienone is 14. The number of quaternary nitrogens is 1. The Morgan fingerprint density at radius 1 is 0.516 bits per heavy atom. The van der Waals surface area contributed by atoms with E-state index < -0.39 is 18.1 Å². The van der Waals surface area contributed by atoms with E-state index in [-0.39, 0.29) is 42.7 Å². The second-order valence-electron chi connectivity index (χ2n) is 17.4. The molecule has 0 fully saturated rings. The number of esters is 2. The van der Waals surface area contributed by atoms with Crippen LogP contribution < -0.4 is 5.11 Å². The number of carbonyl (C=O) groups excluding carboxylic acids is 3. The first-order valence-corrected chi connectivity index (χ1v) is 24.7. The number of rotatable bonds is 43. The largest absolute Gasteiger partial charge is 0.544 e. The van der Waals surface area contributed by atoms with Gasteiger partial charge in [-0.25, -0.2) is 0 Å². The normalized spacial score (nSPS) is 13.6. The van der Waals surface area contributed by atoms with Gasteiger partial charge in [-0.15, -0.1) is 0 Å². The number of hydrogen-bond acceptors (Lipinski definition) is 7. The zero-order valence-corrected chi connectivity index (χ0v) is 40.3. The molecule has 2 atom stereocenters. The summed E-state index contributed by atoms with van der Waals surface area (Å²) >= 11 is 0. The molecule has 0 aliphatic rings. The highest BCUT2D eigenvalue weighted by atomic mass is 16.6. The second-order valence-corrected chi connectivity index (χ2v) is 17.4. The molecule has 0 aromatic heterocycles. The molecule has 0 rings (SSSR count). The first-order chi connectivity index (χ1) is 30.1. The van der Waals surface area contributed by atoms with Gasteiger partial charge in [0.2, 0.25) is 0 Å². The van der Waals surface area contributed by atoms with Crippen molar-refractivity contribution in [1.82, 2.24) is 0 Å². The molecule has 2 unspecified atom stereocenters. The van der Waals surface area contributed by atoms with E-state index in [0.717, 1.165) is 83.5 Å². The first-order valence-electron chi connectivity index (χ1n) is 24.7. The van der Waals surface area contributed by atoms with Gasteiger partial charge in [0.05, 0.1) is 40.3 Å². The number of carbonyl (C=O) groups is 3. The maximum atomic E-state index is 12.8. The minimum absolute atomic E-state index is 0.0269. The number of hydrogen-bond donors (Lipinski definition) is 0. The predicted molar refractivity (Wildman–Crippen MR) is 258 cm³/mol. The average molecular weight is 866 g/mol. The lowest BCUT2D eigenvalue weighted by atomic mass is 10.0. The molecule has 0 aromatic rings. The van der Waals surface area contributed by atoms with Crippen molar-refractivity contribution in [2.24, 2.45) is 0 Å². The number of ether oxygens (including phenoxy) is 3. The lowest BCUT2D eigenvalue weighted by Gasteiger charge is -2.34.